The number of para-hydroxylation sites is 2. The molecule has 170 valence electrons. The molecule has 7 heteroatoms. The van der Waals surface area contributed by atoms with Crippen LogP contribution >= 0.6 is 0 Å². The molecule has 0 fully saturated rings. The molecule has 7 nitrogen and oxygen atoms in total. The van der Waals surface area contributed by atoms with E-state index < -0.39 is 0 Å². The van der Waals surface area contributed by atoms with E-state index in [4.69, 9.17) is 9.47 Å². The quantitative estimate of drug-likeness (QED) is 0.306. The zero-order valence-corrected chi connectivity index (χ0v) is 19.2. The molecule has 4 rings (SSSR count). The summed E-state index contributed by atoms with van der Waals surface area (Å²) in [5.41, 5.74) is 5.42. The van der Waals surface area contributed by atoms with Crippen molar-refractivity contribution in [1.82, 2.24) is 14.9 Å². The second-order valence-corrected chi connectivity index (χ2v) is 7.53. The van der Waals surface area contributed by atoms with Gasteiger partial charge in [0.1, 0.15) is 0 Å². The number of nitrogens with one attached hydrogen (secondary N) is 2. The molecule has 0 saturated heterocycles. The number of ether oxygens (including phenoxy) is 2. The predicted molar refractivity (Wildman–Crippen MR) is 133 cm³/mol. The Morgan fingerprint density at radius 3 is 2.55 bits per heavy atom. The van der Waals surface area contributed by atoms with Gasteiger partial charge in [0.15, 0.2) is 17.5 Å². The maximum Gasteiger partial charge on any atom is 0.195 e. The van der Waals surface area contributed by atoms with Crippen LogP contribution in [0.3, 0.4) is 0 Å². The third-order valence-electron chi connectivity index (χ3n) is 5.31. The van der Waals surface area contributed by atoms with E-state index in [1.807, 2.05) is 49.6 Å². The summed E-state index contributed by atoms with van der Waals surface area (Å²) < 4.78 is 13.2. The standard InChI is InChI=1S/C26H29N5O2/c1-4-33-24-14-13-21(15-25(24)32-3)30-26(27-2)28-16-19-9-11-20(12-10-19)17-31-18-29-22-7-5-6-8-23(22)31/h5-15,18H,4,16-17H2,1-3H3,(H2,27,28,30). The van der Waals surface area contributed by atoms with E-state index in [-0.39, 0.29) is 0 Å². The molecule has 0 saturated carbocycles. The maximum absolute atomic E-state index is 5.58. The van der Waals surface area contributed by atoms with E-state index in [9.17, 15) is 0 Å². The molecule has 4 aromatic rings. The van der Waals surface area contributed by atoms with Gasteiger partial charge in [-0.15, -0.1) is 0 Å². The highest BCUT2D eigenvalue weighted by Crippen LogP contribution is 2.30. The summed E-state index contributed by atoms with van der Waals surface area (Å²) >= 11 is 0. The van der Waals surface area contributed by atoms with Gasteiger partial charge in [0.05, 0.1) is 31.1 Å². The van der Waals surface area contributed by atoms with E-state index in [0.29, 0.717) is 24.9 Å². The van der Waals surface area contributed by atoms with Crippen LogP contribution in [0.25, 0.3) is 11.0 Å². The van der Waals surface area contributed by atoms with Crippen LogP contribution < -0.4 is 20.1 Å². The van der Waals surface area contributed by atoms with E-state index in [1.54, 1.807) is 14.2 Å². The Kier molecular flexibility index (Phi) is 7.09. The normalized spacial score (nSPS) is 11.4. The van der Waals surface area contributed by atoms with Gasteiger partial charge in [-0.1, -0.05) is 36.4 Å². The van der Waals surface area contributed by atoms with Crippen molar-refractivity contribution >= 4 is 22.7 Å². The predicted octanol–water partition coefficient (Wildman–Crippen LogP) is 4.68. The maximum atomic E-state index is 5.58. The van der Waals surface area contributed by atoms with Crippen LogP contribution in [0.1, 0.15) is 18.1 Å². The topological polar surface area (TPSA) is 72.7 Å². The number of anilines is 1. The fourth-order valence-corrected chi connectivity index (χ4v) is 3.62. The molecule has 33 heavy (non-hydrogen) atoms. The molecule has 1 aromatic heterocycles. The SMILES string of the molecule is CCOc1ccc(NC(=NC)NCc2ccc(Cn3cnc4ccccc43)cc2)cc1OC. The van der Waals surface area contributed by atoms with Crippen LogP contribution in [0.2, 0.25) is 0 Å². The van der Waals surface area contributed by atoms with Gasteiger partial charge in [-0.3, -0.25) is 4.99 Å². The van der Waals surface area contributed by atoms with Crippen molar-refractivity contribution in [2.24, 2.45) is 4.99 Å². The molecule has 2 N–H and O–H groups in total. The fourth-order valence-electron chi connectivity index (χ4n) is 3.62. The molecule has 0 spiro atoms. The molecule has 0 aliphatic carbocycles. The average Bonchev–Trinajstić information content (AvgIpc) is 3.26. The summed E-state index contributed by atoms with van der Waals surface area (Å²) in [6.07, 6.45) is 1.89. The van der Waals surface area contributed by atoms with Gasteiger partial charge in [-0.05, 0) is 42.3 Å². The Balaban J connectivity index is 1.35. The highest BCUT2D eigenvalue weighted by Gasteiger charge is 2.07. The van der Waals surface area contributed by atoms with Gasteiger partial charge >= 0.3 is 0 Å². The van der Waals surface area contributed by atoms with Gasteiger partial charge in [0, 0.05) is 31.9 Å². The number of aromatic nitrogens is 2. The largest absolute Gasteiger partial charge is 0.493 e. The molecular formula is C26H29N5O2. The lowest BCUT2D eigenvalue weighted by Crippen LogP contribution is -2.30. The third-order valence-corrected chi connectivity index (χ3v) is 5.31. The lowest BCUT2D eigenvalue weighted by molar-refractivity contribution is 0.311. The minimum Gasteiger partial charge on any atom is -0.493 e. The Hall–Kier alpha value is -4.00. The number of rotatable bonds is 8. The van der Waals surface area contributed by atoms with Crippen molar-refractivity contribution in [3.8, 4) is 11.5 Å². The van der Waals surface area contributed by atoms with Crippen LogP contribution in [0.4, 0.5) is 5.69 Å². The van der Waals surface area contributed by atoms with E-state index in [0.717, 1.165) is 29.0 Å². The smallest absolute Gasteiger partial charge is 0.195 e. The molecule has 0 amide bonds. The highest BCUT2D eigenvalue weighted by atomic mass is 16.5. The summed E-state index contributed by atoms with van der Waals surface area (Å²) in [7, 11) is 3.38. The first kappa shape index (κ1) is 22.2. The van der Waals surface area contributed by atoms with Crippen molar-refractivity contribution in [3.63, 3.8) is 0 Å². The first-order chi connectivity index (χ1) is 16.2. The van der Waals surface area contributed by atoms with Crippen LogP contribution in [0, 0.1) is 0 Å². The van der Waals surface area contributed by atoms with Crippen molar-refractivity contribution in [3.05, 3.63) is 84.2 Å². The first-order valence-electron chi connectivity index (χ1n) is 11.0. The molecule has 1 heterocycles. The van der Waals surface area contributed by atoms with E-state index in [2.05, 4.69) is 55.5 Å². The zero-order valence-electron chi connectivity index (χ0n) is 19.2. The summed E-state index contributed by atoms with van der Waals surface area (Å²) in [5, 5.41) is 6.65. The number of benzene rings is 3. The molecule has 0 bridgehead atoms. The van der Waals surface area contributed by atoms with Gasteiger partial charge < -0.3 is 24.7 Å². The van der Waals surface area contributed by atoms with Crippen molar-refractivity contribution in [1.29, 1.82) is 0 Å². The Bertz CT molecular complexity index is 1230. The fraction of sp³-hybridized carbons (Fsp3) is 0.231. The lowest BCUT2D eigenvalue weighted by Gasteiger charge is -2.15. The minimum atomic E-state index is 0.587. The number of methoxy groups -OCH3 is 1. The average molecular weight is 444 g/mol. The molecule has 0 atom stereocenters. The van der Waals surface area contributed by atoms with Gasteiger partial charge in [0.2, 0.25) is 0 Å². The van der Waals surface area contributed by atoms with Crippen LogP contribution in [0.15, 0.2) is 78.0 Å². The number of hydrogen-bond acceptors (Lipinski definition) is 4. The van der Waals surface area contributed by atoms with Gasteiger partial charge in [0.25, 0.3) is 0 Å². The van der Waals surface area contributed by atoms with Crippen LogP contribution in [-0.4, -0.2) is 36.3 Å². The number of aliphatic imine (C=N–C) groups is 1. The third kappa shape index (κ3) is 5.44. The number of hydrogen-bond donors (Lipinski definition) is 2. The lowest BCUT2D eigenvalue weighted by atomic mass is 10.1. The summed E-state index contributed by atoms with van der Waals surface area (Å²) in [5.74, 6) is 2.08. The summed E-state index contributed by atoms with van der Waals surface area (Å²) in [4.78, 5) is 8.79. The van der Waals surface area contributed by atoms with Gasteiger partial charge in [-0.25, -0.2) is 4.98 Å². The second-order valence-electron chi connectivity index (χ2n) is 7.53. The zero-order chi connectivity index (χ0) is 23.0. The summed E-state index contributed by atoms with van der Waals surface area (Å²) in [6.45, 7) is 3.98. The van der Waals surface area contributed by atoms with Crippen molar-refractivity contribution in [2.75, 3.05) is 26.1 Å². The minimum absolute atomic E-state index is 0.587. The molecule has 3 aromatic carbocycles. The Morgan fingerprint density at radius 1 is 1.00 bits per heavy atom. The number of guanidine groups is 1. The Morgan fingerprint density at radius 2 is 1.79 bits per heavy atom. The van der Waals surface area contributed by atoms with Gasteiger partial charge in [-0.2, -0.15) is 0 Å². The van der Waals surface area contributed by atoms with Crippen LogP contribution in [-0.2, 0) is 13.1 Å². The monoisotopic (exact) mass is 443 g/mol. The van der Waals surface area contributed by atoms with Crippen molar-refractivity contribution in [2.45, 2.75) is 20.0 Å². The molecule has 0 aliphatic rings. The first-order valence-corrected chi connectivity index (χ1v) is 11.0. The number of nitrogens with zero attached hydrogens (tertiary/aromatic N) is 3. The van der Waals surface area contributed by atoms with E-state index >= 15 is 0 Å². The van der Waals surface area contributed by atoms with Crippen LogP contribution in [0.5, 0.6) is 11.5 Å². The molecule has 0 radical (unpaired) electrons. The number of imidazole rings is 1. The second kappa shape index (κ2) is 10.5. The van der Waals surface area contributed by atoms with Crippen molar-refractivity contribution < 1.29 is 9.47 Å². The van der Waals surface area contributed by atoms with E-state index in [1.165, 1.54) is 11.1 Å². The molecule has 0 aliphatic heterocycles. The summed E-state index contributed by atoms with van der Waals surface area (Å²) in [6, 6.07) is 22.5. The molecular weight excluding hydrogens is 414 g/mol. The number of fused-ring (bicyclic) bond motifs is 1. The molecule has 0 unspecified atom stereocenters. The highest BCUT2D eigenvalue weighted by molar-refractivity contribution is 5.93. The Labute approximate surface area is 194 Å².